The van der Waals surface area contributed by atoms with E-state index in [0.717, 1.165) is 14.5 Å². The number of carbonyl (C=O) groups excluding carboxylic acids is 5. The van der Waals surface area contributed by atoms with Crippen LogP contribution in [0.25, 0.3) is 0 Å². The molecule has 1 saturated heterocycles. The lowest BCUT2D eigenvalue weighted by Gasteiger charge is -2.18. The van der Waals surface area contributed by atoms with Crippen molar-refractivity contribution < 1.29 is 33.5 Å². The molecule has 107 valence electrons. The number of imide groups is 1. The van der Waals surface area contributed by atoms with Crippen LogP contribution in [0.2, 0.25) is 0 Å². The molecule has 9 nitrogen and oxygen atoms in total. The highest BCUT2D eigenvalue weighted by molar-refractivity contribution is 6.64. The van der Waals surface area contributed by atoms with Crippen LogP contribution in [0.5, 0.6) is 0 Å². The van der Waals surface area contributed by atoms with Crippen LogP contribution in [0.4, 0.5) is 0 Å². The fraction of sp³-hybridized carbons (Fsp3) is 0.500. The van der Waals surface area contributed by atoms with Crippen LogP contribution < -0.4 is 5.23 Å². The van der Waals surface area contributed by atoms with Crippen molar-refractivity contribution in [1.29, 1.82) is 0 Å². The molecule has 1 aliphatic heterocycles. The Morgan fingerprint density at radius 2 is 2.00 bits per heavy atom. The minimum atomic E-state index is -1.24. The Hall–Kier alpha value is -2.23. The monoisotopic (exact) mass is 283 g/mol. The van der Waals surface area contributed by atoms with E-state index in [1.807, 2.05) is 0 Å². The molecule has 0 aliphatic carbocycles. The van der Waals surface area contributed by atoms with Crippen molar-refractivity contribution in [3.8, 4) is 0 Å². The van der Waals surface area contributed by atoms with Gasteiger partial charge in [0.2, 0.25) is 0 Å². The predicted octanol–water partition coefficient (Wildman–Crippen LogP) is -2.08. The molecule has 1 N–H and O–H groups in total. The van der Waals surface area contributed by atoms with Gasteiger partial charge in [0.1, 0.15) is 6.04 Å². The zero-order valence-corrected chi connectivity index (χ0v) is 10.7. The summed E-state index contributed by atoms with van der Waals surface area (Å²) in [5.41, 5.74) is 0. The van der Waals surface area contributed by atoms with Gasteiger partial charge in [-0.2, -0.15) is 0 Å². The number of carbonyl (C=O) groups is 5. The van der Waals surface area contributed by atoms with E-state index in [1.165, 1.54) is 0 Å². The highest BCUT2D eigenvalue weighted by atomic mass is 16.7. The second-order valence-corrected chi connectivity index (χ2v) is 3.79. The largest absolute Gasteiger partial charge is 0.469 e. The molecule has 1 heterocycles. The molecule has 0 aromatic rings. The second kappa shape index (κ2) is 7.39. The fourth-order valence-corrected chi connectivity index (χ4v) is 1.43. The van der Waals surface area contributed by atoms with Crippen LogP contribution in [0.3, 0.4) is 0 Å². The lowest BCUT2D eigenvalue weighted by Crippen LogP contribution is -2.46. The number of ether oxygens (including phenoxy) is 1. The number of rotatable bonds is 7. The van der Waals surface area contributed by atoms with E-state index in [9.17, 15) is 24.0 Å². The van der Waals surface area contributed by atoms with Crippen LogP contribution in [-0.2, 0) is 33.5 Å². The summed E-state index contributed by atoms with van der Waals surface area (Å²) in [5.74, 6) is -3.05. The van der Waals surface area contributed by atoms with Crippen LogP contribution in [0, 0.1) is 0 Å². The van der Waals surface area contributed by atoms with E-state index < -0.39 is 36.2 Å². The SMILES string of the molecule is COC(=O)C[C@@H](N[B]C=O)C(=O)ON1C(=O)CCC1=O. The lowest BCUT2D eigenvalue weighted by molar-refractivity contribution is -0.199. The minimum Gasteiger partial charge on any atom is -0.469 e. The summed E-state index contributed by atoms with van der Waals surface area (Å²) >= 11 is 0. The molecule has 10 heteroatoms. The maximum Gasteiger partial charge on any atom is 0.349 e. The topological polar surface area (TPSA) is 119 Å². The molecule has 20 heavy (non-hydrogen) atoms. The maximum absolute atomic E-state index is 11.8. The zero-order chi connectivity index (χ0) is 15.1. The number of nitrogens with zero attached hydrogens (tertiary/aromatic N) is 1. The number of esters is 1. The molecule has 2 amide bonds. The third kappa shape index (κ3) is 4.16. The Morgan fingerprint density at radius 3 is 2.50 bits per heavy atom. The quantitative estimate of drug-likeness (QED) is 0.245. The van der Waals surface area contributed by atoms with Gasteiger partial charge in [-0.1, -0.05) is 0 Å². The summed E-state index contributed by atoms with van der Waals surface area (Å²) in [6.07, 6.45) is -0.136. The number of amides is 2. The van der Waals surface area contributed by atoms with Gasteiger partial charge >= 0.3 is 11.9 Å². The van der Waals surface area contributed by atoms with Gasteiger partial charge in [-0.3, -0.25) is 14.4 Å². The van der Waals surface area contributed by atoms with Gasteiger partial charge in [0.25, 0.3) is 19.2 Å². The molecule has 0 bridgehead atoms. The summed E-state index contributed by atoms with van der Waals surface area (Å²) in [7, 11) is 2.02. The molecule has 0 unspecified atom stereocenters. The zero-order valence-electron chi connectivity index (χ0n) is 10.7. The van der Waals surface area contributed by atoms with E-state index in [-0.39, 0.29) is 12.8 Å². The third-order valence-electron chi connectivity index (χ3n) is 2.44. The Bertz CT molecular complexity index is 423. The molecular weight excluding hydrogens is 271 g/mol. The highest BCUT2D eigenvalue weighted by Crippen LogP contribution is 2.13. The number of hydrogen-bond acceptors (Lipinski definition) is 8. The first-order valence-corrected chi connectivity index (χ1v) is 5.67. The van der Waals surface area contributed by atoms with Crippen molar-refractivity contribution in [2.75, 3.05) is 7.11 Å². The molecule has 0 aromatic carbocycles. The second-order valence-electron chi connectivity index (χ2n) is 3.79. The average molecular weight is 283 g/mol. The Morgan fingerprint density at radius 1 is 1.40 bits per heavy atom. The first-order valence-electron chi connectivity index (χ1n) is 5.67. The summed E-state index contributed by atoms with van der Waals surface area (Å²) < 4.78 is 4.39. The average Bonchev–Trinajstić information content (AvgIpc) is 2.74. The van der Waals surface area contributed by atoms with Gasteiger partial charge in [-0.05, 0) is 0 Å². The molecule has 1 aliphatic rings. The maximum atomic E-state index is 11.8. The normalized spacial score (nSPS) is 15.8. The first kappa shape index (κ1) is 15.8. The fourth-order valence-electron chi connectivity index (χ4n) is 1.43. The molecule has 1 atom stereocenters. The smallest absolute Gasteiger partial charge is 0.349 e. The van der Waals surface area contributed by atoms with E-state index in [2.05, 4.69) is 14.8 Å². The van der Waals surface area contributed by atoms with E-state index in [4.69, 9.17) is 0 Å². The summed E-state index contributed by atoms with van der Waals surface area (Å²) in [5, 5.41) is 2.68. The molecule has 1 radical (unpaired) electrons. The molecule has 0 spiro atoms. The molecular formula is C10H12BN2O7. The van der Waals surface area contributed by atoms with Crippen molar-refractivity contribution >= 4 is 37.4 Å². The number of methoxy groups -OCH3 is 1. The first-order chi connectivity index (χ1) is 9.49. The van der Waals surface area contributed by atoms with Crippen LogP contribution in [0.15, 0.2) is 0 Å². The van der Waals surface area contributed by atoms with Gasteiger partial charge in [-0.15, -0.1) is 5.06 Å². The van der Waals surface area contributed by atoms with Gasteiger partial charge in [0.05, 0.1) is 19.7 Å². The van der Waals surface area contributed by atoms with Gasteiger partial charge in [-0.25, -0.2) is 4.79 Å². The van der Waals surface area contributed by atoms with Crippen LogP contribution >= 0.6 is 0 Å². The van der Waals surface area contributed by atoms with Crippen LogP contribution in [0.1, 0.15) is 19.3 Å². The molecule has 0 aromatic heterocycles. The van der Waals surface area contributed by atoms with Crippen molar-refractivity contribution in [3.05, 3.63) is 0 Å². The highest BCUT2D eigenvalue weighted by Gasteiger charge is 2.35. The molecule has 1 fully saturated rings. The lowest BCUT2D eigenvalue weighted by atomic mass is 9.96. The van der Waals surface area contributed by atoms with Gasteiger partial charge < -0.3 is 19.6 Å². The third-order valence-corrected chi connectivity index (χ3v) is 2.44. The summed E-state index contributed by atoms with van der Waals surface area (Å²) in [6.45, 7) is 0. The Balaban J connectivity index is 2.66. The number of hydroxylamine groups is 2. The van der Waals surface area contributed by atoms with Crippen molar-refractivity contribution in [2.24, 2.45) is 0 Å². The van der Waals surface area contributed by atoms with Crippen molar-refractivity contribution in [3.63, 3.8) is 0 Å². The van der Waals surface area contributed by atoms with E-state index >= 15 is 0 Å². The van der Waals surface area contributed by atoms with E-state index in [0.29, 0.717) is 11.2 Å². The van der Waals surface area contributed by atoms with E-state index in [1.54, 1.807) is 0 Å². The summed E-state index contributed by atoms with van der Waals surface area (Å²) in [4.78, 5) is 60.3. The molecule has 0 saturated carbocycles. The molecule has 1 rings (SSSR count). The number of hydrogen-bond donors (Lipinski definition) is 1. The Kier molecular flexibility index (Phi) is 5.85. The summed E-state index contributed by atoms with van der Waals surface area (Å²) in [6, 6.07) is -1.24. The predicted molar refractivity (Wildman–Crippen MR) is 63.2 cm³/mol. The van der Waals surface area contributed by atoms with Crippen LogP contribution in [-0.4, -0.2) is 55.6 Å². The van der Waals surface area contributed by atoms with Gasteiger partial charge in [0, 0.05) is 12.8 Å². The Labute approximate surface area is 114 Å². The van der Waals surface area contributed by atoms with Crippen molar-refractivity contribution in [2.45, 2.75) is 25.3 Å². The standard InChI is InChI=1S/C10H12BN2O7/c1-19-9(17)4-6(12-11-5-14)10(18)20-13-7(15)2-3-8(13)16/h5-6,12H,2-4H2,1H3/t6-/m1/s1. The van der Waals surface area contributed by atoms with Crippen molar-refractivity contribution in [1.82, 2.24) is 10.3 Å². The van der Waals surface area contributed by atoms with Gasteiger partial charge in [0.15, 0.2) is 0 Å². The number of nitrogens with one attached hydrogen (secondary N) is 1. The minimum absolute atomic E-state index is 0.0400.